The number of hydrogen-bond acceptors (Lipinski definition) is 2. The molecule has 1 fully saturated rings. The molecule has 0 amide bonds. The predicted molar refractivity (Wildman–Crippen MR) is 83.7 cm³/mol. The molecule has 1 aliphatic heterocycles. The van der Waals surface area contributed by atoms with Gasteiger partial charge < -0.3 is 10.1 Å². The summed E-state index contributed by atoms with van der Waals surface area (Å²) < 4.78 is 6.58. The Morgan fingerprint density at radius 1 is 1.42 bits per heavy atom. The fourth-order valence-electron chi connectivity index (χ4n) is 2.63. The molecule has 0 radical (unpaired) electrons. The van der Waals surface area contributed by atoms with E-state index in [1.165, 1.54) is 5.56 Å². The fraction of sp³-hybridized carbons (Fsp3) is 0.600. The van der Waals surface area contributed by atoms with Gasteiger partial charge in [0.25, 0.3) is 0 Å². The normalized spacial score (nSPS) is 18.5. The average molecular weight is 347 g/mol. The molecule has 0 aliphatic carbocycles. The highest BCUT2D eigenvalue weighted by Gasteiger charge is 2.26. The Bertz CT molecular complexity index is 407. The number of benzene rings is 1. The zero-order valence-corrected chi connectivity index (χ0v) is 13.6. The van der Waals surface area contributed by atoms with E-state index < -0.39 is 0 Å². The van der Waals surface area contributed by atoms with Crippen molar-refractivity contribution < 1.29 is 4.74 Å². The smallest absolute Gasteiger partial charge is 0.0469 e. The number of nitrogens with one attached hydrogen (secondary N) is 1. The molecule has 1 N–H and O–H groups in total. The molecule has 1 aromatic carbocycles. The van der Waals surface area contributed by atoms with Crippen LogP contribution in [0.15, 0.2) is 22.7 Å². The molecule has 106 valence electrons. The lowest BCUT2D eigenvalue weighted by Gasteiger charge is -2.32. The quantitative estimate of drug-likeness (QED) is 0.843. The highest BCUT2D eigenvalue weighted by molar-refractivity contribution is 9.10. The third-order valence-corrected chi connectivity index (χ3v) is 4.57. The van der Waals surface area contributed by atoms with Crippen LogP contribution in [0.2, 0.25) is 5.02 Å². The van der Waals surface area contributed by atoms with Crippen molar-refractivity contribution in [3.8, 4) is 0 Å². The first-order valence-corrected chi connectivity index (χ1v) is 8.15. The minimum Gasteiger partial charge on any atom is -0.381 e. The molecule has 1 heterocycles. The van der Waals surface area contributed by atoms with Gasteiger partial charge in [0.05, 0.1) is 0 Å². The highest BCUT2D eigenvalue weighted by atomic mass is 79.9. The molecule has 4 heteroatoms. The van der Waals surface area contributed by atoms with Crippen LogP contribution in [0.4, 0.5) is 0 Å². The van der Waals surface area contributed by atoms with E-state index in [1.807, 2.05) is 12.1 Å². The Labute approximate surface area is 129 Å². The maximum absolute atomic E-state index is 6.04. The van der Waals surface area contributed by atoms with Crippen molar-refractivity contribution in [3.63, 3.8) is 0 Å². The summed E-state index contributed by atoms with van der Waals surface area (Å²) in [6, 6.07) is 6.48. The molecule has 1 aromatic rings. The van der Waals surface area contributed by atoms with Gasteiger partial charge in [-0.05, 0) is 49.4 Å². The van der Waals surface area contributed by atoms with Gasteiger partial charge >= 0.3 is 0 Å². The average Bonchev–Trinajstić information content (AvgIpc) is 2.42. The third-order valence-electron chi connectivity index (χ3n) is 3.65. The topological polar surface area (TPSA) is 21.3 Å². The summed E-state index contributed by atoms with van der Waals surface area (Å²) in [6.07, 6.45) is 3.39. The van der Waals surface area contributed by atoms with Crippen LogP contribution in [0.25, 0.3) is 0 Å². The first-order valence-electron chi connectivity index (χ1n) is 6.98. The molecule has 1 atom stereocenters. The van der Waals surface area contributed by atoms with Gasteiger partial charge in [-0.25, -0.2) is 0 Å². The third kappa shape index (κ3) is 4.19. The summed E-state index contributed by atoms with van der Waals surface area (Å²) in [7, 11) is 0. The molecular formula is C15H21BrClNO. The Morgan fingerprint density at radius 3 is 2.79 bits per heavy atom. The van der Waals surface area contributed by atoms with Crippen molar-refractivity contribution in [2.24, 2.45) is 5.92 Å². The molecular weight excluding hydrogens is 326 g/mol. The van der Waals surface area contributed by atoms with Crippen LogP contribution in [0, 0.1) is 5.92 Å². The summed E-state index contributed by atoms with van der Waals surface area (Å²) in [6.45, 7) is 4.99. The lowest BCUT2D eigenvalue weighted by atomic mass is 9.87. The van der Waals surface area contributed by atoms with E-state index in [2.05, 4.69) is 34.2 Å². The van der Waals surface area contributed by atoms with E-state index in [0.29, 0.717) is 12.0 Å². The van der Waals surface area contributed by atoms with E-state index in [-0.39, 0.29) is 0 Å². The minimum atomic E-state index is 0.385. The van der Waals surface area contributed by atoms with Crippen molar-refractivity contribution in [3.05, 3.63) is 33.3 Å². The Hall–Kier alpha value is -0.0900. The summed E-state index contributed by atoms with van der Waals surface area (Å²) in [5, 5.41) is 4.46. The van der Waals surface area contributed by atoms with Gasteiger partial charge in [-0.2, -0.15) is 0 Å². The maximum atomic E-state index is 6.04. The molecule has 2 nitrogen and oxygen atoms in total. The first kappa shape index (κ1) is 15.3. The number of ether oxygens (including phenoxy) is 1. The predicted octanol–water partition coefficient (Wildman–Crippen LogP) is 4.57. The van der Waals surface area contributed by atoms with Crippen LogP contribution < -0.4 is 5.32 Å². The second-order valence-corrected chi connectivity index (χ2v) is 6.34. The van der Waals surface area contributed by atoms with Gasteiger partial charge in [0, 0.05) is 28.8 Å². The van der Waals surface area contributed by atoms with Gasteiger partial charge in [0.1, 0.15) is 0 Å². The Kier molecular flexibility index (Phi) is 6.14. The van der Waals surface area contributed by atoms with Crippen LogP contribution in [-0.4, -0.2) is 19.8 Å². The van der Waals surface area contributed by atoms with Gasteiger partial charge in [0.15, 0.2) is 0 Å². The number of hydrogen-bond donors (Lipinski definition) is 1. The zero-order valence-electron chi connectivity index (χ0n) is 11.3. The van der Waals surface area contributed by atoms with Gasteiger partial charge in [-0.1, -0.05) is 40.5 Å². The number of rotatable bonds is 5. The van der Waals surface area contributed by atoms with Crippen LogP contribution in [0.1, 0.15) is 37.8 Å². The summed E-state index contributed by atoms with van der Waals surface area (Å²) in [5.41, 5.74) is 1.31. The largest absolute Gasteiger partial charge is 0.381 e. The van der Waals surface area contributed by atoms with Crippen molar-refractivity contribution in [2.75, 3.05) is 19.8 Å². The Balaban J connectivity index is 2.19. The van der Waals surface area contributed by atoms with Crippen LogP contribution >= 0.6 is 27.5 Å². The molecule has 1 unspecified atom stereocenters. The molecule has 0 bridgehead atoms. The fourth-order valence-corrected chi connectivity index (χ4v) is 3.56. The summed E-state index contributed by atoms with van der Waals surface area (Å²) >= 11 is 9.69. The highest BCUT2D eigenvalue weighted by Crippen LogP contribution is 2.35. The second kappa shape index (κ2) is 7.63. The second-order valence-electron chi connectivity index (χ2n) is 5.05. The molecule has 2 rings (SSSR count). The lowest BCUT2D eigenvalue weighted by molar-refractivity contribution is 0.0535. The standard InChI is InChI=1S/C15H21BrClNO/c1-2-7-18-15(11-5-8-19-9-6-11)13-4-3-12(17)10-14(13)16/h3-4,10-11,15,18H,2,5-9H2,1H3. The van der Waals surface area contributed by atoms with Crippen LogP contribution in [0.5, 0.6) is 0 Å². The van der Waals surface area contributed by atoms with E-state index in [1.54, 1.807) is 0 Å². The van der Waals surface area contributed by atoms with Crippen molar-refractivity contribution >= 4 is 27.5 Å². The van der Waals surface area contributed by atoms with Crippen LogP contribution in [0.3, 0.4) is 0 Å². The van der Waals surface area contributed by atoms with E-state index in [4.69, 9.17) is 16.3 Å². The van der Waals surface area contributed by atoms with Crippen molar-refractivity contribution in [1.29, 1.82) is 0 Å². The van der Waals surface area contributed by atoms with Crippen molar-refractivity contribution in [2.45, 2.75) is 32.2 Å². The lowest BCUT2D eigenvalue weighted by Crippen LogP contribution is -2.32. The Morgan fingerprint density at radius 2 is 2.16 bits per heavy atom. The summed E-state index contributed by atoms with van der Waals surface area (Å²) in [4.78, 5) is 0. The first-order chi connectivity index (χ1) is 9.22. The van der Waals surface area contributed by atoms with Crippen LogP contribution in [-0.2, 0) is 4.74 Å². The molecule has 1 aliphatic rings. The van der Waals surface area contributed by atoms with E-state index >= 15 is 0 Å². The monoisotopic (exact) mass is 345 g/mol. The van der Waals surface area contributed by atoms with Gasteiger partial charge in [-0.3, -0.25) is 0 Å². The zero-order chi connectivity index (χ0) is 13.7. The maximum Gasteiger partial charge on any atom is 0.0469 e. The van der Waals surface area contributed by atoms with Gasteiger partial charge in [0.2, 0.25) is 0 Å². The van der Waals surface area contributed by atoms with Crippen molar-refractivity contribution in [1.82, 2.24) is 5.32 Å². The molecule has 0 aromatic heterocycles. The molecule has 1 saturated heterocycles. The minimum absolute atomic E-state index is 0.385. The molecule has 0 saturated carbocycles. The molecule has 0 spiro atoms. The molecule has 19 heavy (non-hydrogen) atoms. The number of halogens is 2. The van der Waals surface area contributed by atoms with Gasteiger partial charge in [-0.15, -0.1) is 0 Å². The van der Waals surface area contributed by atoms with E-state index in [9.17, 15) is 0 Å². The SMILES string of the molecule is CCCNC(c1ccc(Cl)cc1Br)C1CCOCC1. The van der Waals surface area contributed by atoms with E-state index in [0.717, 1.165) is 48.5 Å². The summed E-state index contributed by atoms with van der Waals surface area (Å²) in [5.74, 6) is 0.637.